The Kier molecular flexibility index (Phi) is 6.31. The molecule has 0 bridgehead atoms. The summed E-state index contributed by atoms with van der Waals surface area (Å²) in [4.78, 5) is 29.5. The molecule has 34 heavy (non-hydrogen) atoms. The molecule has 2 amide bonds. The lowest BCUT2D eigenvalue weighted by atomic mass is 9.96. The van der Waals surface area contributed by atoms with Crippen LogP contribution in [-0.4, -0.2) is 51.0 Å². The van der Waals surface area contributed by atoms with Crippen molar-refractivity contribution in [3.05, 3.63) is 53.8 Å². The number of amides is 2. The zero-order chi connectivity index (χ0) is 24.5. The molecule has 1 aliphatic rings. The van der Waals surface area contributed by atoms with Crippen LogP contribution in [0.2, 0.25) is 0 Å². The highest BCUT2D eigenvalue weighted by atomic mass is 19.4. The number of halogens is 4. The molecule has 180 valence electrons. The third-order valence-electron chi connectivity index (χ3n) is 5.55. The van der Waals surface area contributed by atoms with Crippen LogP contribution in [0.4, 0.5) is 28.3 Å². The number of hydrogen-bond acceptors (Lipinski definition) is 4. The Bertz CT molecular complexity index is 1220. The van der Waals surface area contributed by atoms with Crippen LogP contribution in [0.3, 0.4) is 0 Å². The Morgan fingerprint density at radius 2 is 1.88 bits per heavy atom. The maximum absolute atomic E-state index is 13.9. The second-order valence-corrected chi connectivity index (χ2v) is 7.88. The lowest BCUT2D eigenvalue weighted by molar-refractivity contribution is -0.274. The minimum Gasteiger partial charge on any atom is -0.465 e. The molecule has 12 heteroatoms. The summed E-state index contributed by atoms with van der Waals surface area (Å²) >= 11 is 0. The Hall–Kier alpha value is -3.83. The van der Waals surface area contributed by atoms with E-state index in [4.69, 9.17) is 5.11 Å². The van der Waals surface area contributed by atoms with Gasteiger partial charge in [0.25, 0.3) is 0 Å². The Labute approximate surface area is 190 Å². The summed E-state index contributed by atoms with van der Waals surface area (Å²) in [5.74, 6) is -1.65. The Morgan fingerprint density at radius 3 is 2.56 bits per heavy atom. The van der Waals surface area contributed by atoms with Gasteiger partial charge in [-0.3, -0.25) is 10.1 Å². The molecule has 1 aliphatic heterocycles. The zero-order valence-corrected chi connectivity index (χ0v) is 17.7. The minimum absolute atomic E-state index is 0.0118. The van der Waals surface area contributed by atoms with Crippen molar-refractivity contribution in [3.63, 3.8) is 0 Å². The standard InChI is InChI=1S/C22H20F4N4O4/c23-15-4-5-17-18(11-15)30(12-13-2-1-3-16(10-13)34-22(24,25)26)20(27-17)28-19(31)14-6-8-29(9-7-14)21(32)33/h1-5,10-11,14H,6-9,12H2,(H,32,33)(H,27,28,31). The number of ether oxygens (including phenoxy) is 1. The van der Waals surface area contributed by atoms with Crippen LogP contribution < -0.4 is 10.1 Å². The normalized spacial score (nSPS) is 14.9. The van der Waals surface area contributed by atoms with E-state index >= 15 is 0 Å². The van der Waals surface area contributed by atoms with Gasteiger partial charge in [0.2, 0.25) is 11.9 Å². The van der Waals surface area contributed by atoms with Crippen molar-refractivity contribution >= 4 is 29.0 Å². The molecule has 1 fully saturated rings. The molecule has 2 heterocycles. The van der Waals surface area contributed by atoms with Crippen LogP contribution in [0.25, 0.3) is 11.0 Å². The molecule has 2 aromatic carbocycles. The van der Waals surface area contributed by atoms with E-state index in [1.165, 1.54) is 39.8 Å². The third-order valence-corrected chi connectivity index (χ3v) is 5.55. The van der Waals surface area contributed by atoms with Gasteiger partial charge in [-0.2, -0.15) is 0 Å². The maximum atomic E-state index is 13.9. The maximum Gasteiger partial charge on any atom is 0.573 e. The van der Waals surface area contributed by atoms with Gasteiger partial charge < -0.3 is 19.3 Å². The SMILES string of the molecule is O=C(Nc1nc2ccc(F)cc2n1Cc1cccc(OC(F)(F)F)c1)C1CCN(C(=O)O)CC1. The number of carbonyl (C=O) groups excluding carboxylic acids is 1. The molecule has 0 atom stereocenters. The number of anilines is 1. The van der Waals surface area contributed by atoms with Crippen LogP contribution >= 0.6 is 0 Å². The summed E-state index contributed by atoms with van der Waals surface area (Å²) in [6.07, 6.45) is -5.22. The van der Waals surface area contributed by atoms with Gasteiger partial charge in [0.15, 0.2) is 0 Å². The predicted octanol–water partition coefficient (Wildman–Crippen LogP) is 4.45. The highest BCUT2D eigenvalue weighted by Crippen LogP contribution is 2.27. The summed E-state index contributed by atoms with van der Waals surface area (Å²) in [5, 5.41) is 11.8. The first kappa shape index (κ1) is 23.3. The average Bonchev–Trinajstić information content (AvgIpc) is 3.09. The van der Waals surface area contributed by atoms with Gasteiger partial charge in [-0.15, -0.1) is 13.2 Å². The van der Waals surface area contributed by atoms with E-state index in [1.807, 2.05) is 0 Å². The molecular weight excluding hydrogens is 460 g/mol. The quantitative estimate of drug-likeness (QED) is 0.526. The number of alkyl halides is 3. The molecule has 1 aromatic heterocycles. The van der Waals surface area contributed by atoms with E-state index < -0.39 is 29.9 Å². The fraction of sp³-hybridized carbons (Fsp3) is 0.318. The van der Waals surface area contributed by atoms with E-state index in [-0.39, 0.29) is 31.5 Å². The molecule has 4 rings (SSSR count). The van der Waals surface area contributed by atoms with Gasteiger partial charge in [-0.05, 0) is 48.7 Å². The number of fused-ring (bicyclic) bond motifs is 1. The number of nitrogens with zero attached hydrogens (tertiary/aromatic N) is 3. The third kappa shape index (κ3) is 5.38. The first-order chi connectivity index (χ1) is 16.1. The van der Waals surface area contributed by atoms with E-state index in [0.717, 1.165) is 6.07 Å². The summed E-state index contributed by atoms with van der Waals surface area (Å²) in [6, 6.07) is 9.20. The van der Waals surface area contributed by atoms with E-state index in [0.29, 0.717) is 29.4 Å². The van der Waals surface area contributed by atoms with Crippen LogP contribution in [0.15, 0.2) is 42.5 Å². The molecular formula is C22H20F4N4O4. The van der Waals surface area contributed by atoms with Gasteiger partial charge in [-0.1, -0.05) is 12.1 Å². The Balaban J connectivity index is 1.59. The number of piperidine rings is 1. The first-order valence-corrected chi connectivity index (χ1v) is 10.4. The molecule has 8 nitrogen and oxygen atoms in total. The molecule has 1 saturated heterocycles. The highest BCUT2D eigenvalue weighted by molar-refractivity contribution is 5.93. The highest BCUT2D eigenvalue weighted by Gasteiger charge is 2.31. The van der Waals surface area contributed by atoms with Gasteiger partial charge >= 0.3 is 12.5 Å². The number of hydrogen-bond donors (Lipinski definition) is 2. The molecule has 0 unspecified atom stereocenters. The molecule has 0 spiro atoms. The van der Waals surface area contributed by atoms with Crippen LogP contribution in [0.5, 0.6) is 5.75 Å². The largest absolute Gasteiger partial charge is 0.573 e. The number of imidazole rings is 1. The number of benzene rings is 2. The minimum atomic E-state index is -4.85. The van der Waals surface area contributed by atoms with E-state index in [1.54, 1.807) is 6.07 Å². The van der Waals surface area contributed by atoms with Crippen molar-refractivity contribution in [2.24, 2.45) is 5.92 Å². The van der Waals surface area contributed by atoms with Crippen molar-refractivity contribution in [3.8, 4) is 5.75 Å². The van der Waals surface area contributed by atoms with Gasteiger partial charge in [0, 0.05) is 19.0 Å². The smallest absolute Gasteiger partial charge is 0.465 e. The predicted molar refractivity (Wildman–Crippen MR) is 113 cm³/mol. The van der Waals surface area contributed by atoms with Crippen LogP contribution in [0.1, 0.15) is 18.4 Å². The molecule has 0 radical (unpaired) electrons. The lowest BCUT2D eigenvalue weighted by Crippen LogP contribution is -2.40. The van der Waals surface area contributed by atoms with Crippen molar-refractivity contribution in [2.45, 2.75) is 25.7 Å². The number of carboxylic acid groups (broad SMARTS) is 1. The van der Waals surface area contributed by atoms with Gasteiger partial charge in [0.05, 0.1) is 17.6 Å². The van der Waals surface area contributed by atoms with Crippen molar-refractivity contribution < 1.29 is 37.0 Å². The summed E-state index contributed by atoms with van der Waals surface area (Å²) in [7, 11) is 0. The zero-order valence-electron chi connectivity index (χ0n) is 17.7. The molecule has 3 aromatic rings. The second-order valence-electron chi connectivity index (χ2n) is 7.88. The van der Waals surface area contributed by atoms with Gasteiger partial charge in [0.1, 0.15) is 11.6 Å². The van der Waals surface area contributed by atoms with Gasteiger partial charge in [-0.25, -0.2) is 14.2 Å². The number of carbonyl (C=O) groups is 2. The molecule has 2 N–H and O–H groups in total. The molecule has 0 aliphatic carbocycles. The van der Waals surface area contributed by atoms with Crippen molar-refractivity contribution in [1.29, 1.82) is 0 Å². The summed E-state index contributed by atoms with van der Waals surface area (Å²) < 4.78 is 57.2. The topological polar surface area (TPSA) is 96.7 Å². The van der Waals surface area contributed by atoms with Crippen LogP contribution in [-0.2, 0) is 11.3 Å². The van der Waals surface area contributed by atoms with E-state index in [2.05, 4.69) is 15.0 Å². The second kappa shape index (κ2) is 9.20. The van der Waals surface area contributed by atoms with Crippen LogP contribution in [0, 0.1) is 11.7 Å². The average molecular weight is 480 g/mol. The number of nitrogens with one attached hydrogen (secondary N) is 1. The van der Waals surface area contributed by atoms with Crippen molar-refractivity contribution in [2.75, 3.05) is 18.4 Å². The monoisotopic (exact) mass is 480 g/mol. The fourth-order valence-corrected chi connectivity index (χ4v) is 3.92. The fourth-order valence-electron chi connectivity index (χ4n) is 3.92. The molecule has 0 saturated carbocycles. The Morgan fingerprint density at radius 1 is 1.15 bits per heavy atom. The first-order valence-electron chi connectivity index (χ1n) is 10.4. The number of likely N-dealkylation sites (tertiary alicyclic amines) is 1. The lowest BCUT2D eigenvalue weighted by Gasteiger charge is -2.29. The number of aromatic nitrogens is 2. The summed E-state index contributed by atoms with van der Waals surface area (Å²) in [5.41, 5.74) is 1.15. The van der Waals surface area contributed by atoms with Crippen molar-refractivity contribution in [1.82, 2.24) is 14.5 Å². The number of rotatable bonds is 5. The van der Waals surface area contributed by atoms with E-state index in [9.17, 15) is 27.2 Å². The summed E-state index contributed by atoms with van der Waals surface area (Å²) in [6.45, 7) is 0.435.